The van der Waals surface area contributed by atoms with Crippen LogP contribution < -0.4 is 4.74 Å². The van der Waals surface area contributed by atoms with Gasteiger partial charge in [0.05, 0.1) is 0 Å². The molecule has 84 valence electrons. The van der Waals surface area contributed by atoms with Gasteiger partial charge < -0.3 is 14.2 Å². The average molecular weight is 275 g/mol. The fourth-order valence-electron chi connectivity index (χ4n) is 1.08. The highest BCUT2D eigenvalue weighted by Crippen LogP contribution is 2.22. The van der Waals surface area contributed by atoms with Crippen LogP contribution in [-0.2, 0) is 9.47 Å². The Balaban J connectivity index is 2.56. The second-order valence-corrected chi connectivity index (χ2v) is 4.38. The van der Waals surface area contributed by atoms with Crippen LogP contribution in [0.5, 0.6) is 5.75 Å². The number of hydrogen-bond acceptors (Lipinski definition) is 3. The fourth-order valence-corrected chi connectivity index (χ4v) is 1.19. The van der Waals surface area contributed by atoms with Gasteiger partial charge in [0.2, 0.25) is 0 Å². The Bertz CT molecular complexity index is 310. The summed E-state index contributed by atoms with van der Waals surface area (Å²) in [5.74, 6) is 0.799. The van der Waals surface area contributed by atoms with Crippen LogP contribution in [0.4, 0.5) is 0 Å². The smallest absolute Gasteiger partial charge is 0.261 e. The molecule has 0 bridgehead atoms. The van der Waals surface area contributed by atoms with Gasteiger partial charge in [-0.15, -0.1) is 0 Å². The Labute approximate surface area is 98.5 Å². The average Bonchev–Trinajstić information content (AvgIpc) is 2.26. The molecule has 0 amide bonds. The summed E-state index contributed by atoms with van der Waals surface area (Å²) in [6.07, 6.45) is 0. The van der Waals surface area contributed by atoms with E-state index in [-0.39, 0.29) is 6.61 Å². The van der Waals surface area contributed by atoms with E-state index in [0.717, 1.165) is 11.3 Å². The highest BCUT2D eigenvalue weighted by molar-refractivity contribution is 9.10. The molecule has 1 rings (SSSR count). The molecule has 15 heavy (non-hydrogen) atoms. The molecule has 1 aromatic rings. The van der Waals surface area contributed by atoms with Crippen molar-refractivity contribution in [2.45, 2.75) is 11.6 Å². The summed E-state index contributed by atoms with van der Waals surface area (Å²) in [4.78, 5) is 0. The second-order valence-electron chi connectivity index (χ2n) is 3.17. The van der Waals surface area contributed by atoms with E-state index < -0.39 is 4.70 Å². The lowest BCUT2D eigenvalue weighted by atomic mass is 10.2. The topological polar surface area (TPSA) is 27.7 Å². The Morgan fingerprint density at radius 2 is 1.93 bits per heavy atom. The van der Waals surface area contributed by atoms with Gasteiger partial charge in [0.25, 0.3) is 4.70 Å². The van der Waals surface area contributed by atoms with Gasteiger partial charge in [0.1, 0.15) is 5.75 Å². The minimum atomic E-state index is -0.878. The zero-order chi connectivity index (χ0) is 11.3. The van der Waals surface area contributed by atoms with Crippen LogP contribution >= 0.6 is 15.9 Å². The van der Waals surface area contributed by atoms with Crippen molar-refractivity contribution in [3.8, 4) is 5.75 Å². The molecule has 0 unspecified atom stereocenters. The number of benzene rings is 1. The molecule has 0 atom stereocenters. The third-order valence-electron chi connectivity index (χ3n) is 2.01. The van der Waals surface area contributed by atoms with E-state index in [0.29, 0.717) is 0 Å². The number of aryl methyl sites for hydroxylation is 1. The van der Waals surface area contributed by atoms with Crippen LogP contribution in [0.1, 0.15) is 5.56 Å². The molecule has 0 spiro atoms. The zero-order valence-electron chi connectivity index (χ0n) is 9.12. The van der Waals surface area contributed by atoms with Crippen LogP contribution in [0, 0.1) is 6.92 Å². The van der Waals surface area contributed by atoms with E-state index >= 15 is 0 Å². The quantitative estimate of drug-likeness (QED) is 0.611. The Morgan fingerprint density at radius 3 is 2.47 bits per heavy atom. The van der Waals surface area contributed by atoms with Crippen molar-refractivity contribution in [3.63, 3.8) is 0 Å². The van der Waals surface area contributed by atoms with Crippen molar-refractivity contribution in [2.75, 3.05) is 20.8 Å². The van der Waals surface area contributed by atoms with E-state index in [1.165, 1.54) is 0 Å². The Morgan fingerprint density at radius 1 is 1.27 bits per heavy atom. The Kier molecular flexibility index (Phi) is 4.57. The van der Waals surface area contributed by atoms with Gasteiger partial charge in [0, 0.05) is 14.2 Å². The summed E-state index contributed by atoms with van der Waals surface area (Å²) in [5, 5.41) is 0. The third-order valence-corrected chi connectivity index (χ3v) is 2.89. The maximum atomic E-state index is 5.54. The molecule has 0 aliphatic heterocycles. The van der Waals surface area contributed by atoms with Gasteiger partial charge >= 0.3 is 0 Å². The van der Waals surface area contributed by atoms with Gasteiger partial charge in [-0.05, 0) is 40.5 Å². The summed E-state index contributed by atoms with van der Waals surface area (Å²) >= 11 is 3.29. The molecule has 0 radical (unpaired) electrons. The molecule has 0 fully saturated rings. The Hall–Kier alpha value is -0.580. The fraction of sp³-hybridized carbons (Fsp3) is 0.455. The van der Waals surface area contributed by atoms with E-state index in [4.69, 9.17) is 14.2 Å². The normalized spacial score (nSPS) is 11.5. The maximum Gasteiger partial charge on any atom is 0.261 e. The van der Waals surface area contributed by atoms with E-state index in [1.54, 1.807) is 14.2 Å². The van der Waals surface area contributed by atoms with E-state index in [2.05, 4.69) is 15.9 Å². The molecule has 0 aromatic heterocycles. The molecule has 0 saturated carbocycles. The van der Waals surface area contributed by atoms with Gasteiger partial charge in [-0.25, -0.2) is 0 Å². The number of alkyl halides is 1. The first-order valence-corrected chi connectivity index (χ1v) is 5.37. The summed E-state index contributed by atoms with van der Waals surface area (Å²) < 4.78 is 14.9. The SMILES string of the molecule is COC(Br)(COc1cccc(C)c1)OC. The largest absolute Gasteiger partial charge is 0.487 e. The molecule has 3 nitrogen and oxygen atoms in total. The van der Waals surface area contributed by atoms with Crippen molar-refractivity contribution < 1.29 is 14.2 Å². The molecule has 0 saturated heterocycles. The van der Waals surface area contributed by atoms with Crippen LogP contribution in [0.3, 0.4) is 0 Å². The lowest BCUT2D eigenvalue weighted by Crippen LogP contribution is -2.33. The van der Waals surface area contributed by atoms with Gasteiger partial charge in [-0.3, -0.25) is 0 Å². The number of methoxy groups -OCH3 is 2. The number of halogens is 1. The zero-order valence-corrected chi connectivity index (χ0v) is 10.7. The summed E-state index contributed by atoms with van der Waals surface area (Å²) in [5.41, 5.74) is 1.16. The molecular formula is C11H15BrO3. The van der Waals surface area contributed by atoms with Crippen molar-refractivity contribution >= 4 is 15.9 Å². The first kappa shape index (κ1) is 12.5. The van der Waals surface area contributed by atoms with E-state index in [9.17, 15) is 0 Å². The van der Waals surface area contributed by atoms with Crippen molar-refractivity contribution in [3.05, 3.63) is 29.8 Å². The van der Waals surface area contributed by atoms with Crippen LogP contribution in [0.15, 0.2) is 24.3 Å². The van der Waals surface area contributed by atoms with Crippen molar-refractivity contribution in [2.24, 2.45) is 0 Å². The standard InChI is InChI=1S/C11H15BrO3/c1-9-5-4-6-10(7-9)15-8-11(12,13-2)14-3/h4-7H,8H2,1-3H3. The van der Waals surface area contributed by atoms with Gasteiger partial charge in [0.15, 0.2) is 6.61 Å². The van der Waals surface area contributed by atoms with Crippen LogP contribution in [-0.4, -0.2) is 25.5 Å². The first-order chi connectivity index (χ1) is 7.09. The lowest BCUT2D eigenvalue weighted by Gasteiger charge is -2.23. The highest BCUT2D eigenvalue weighted by atomic mass is 79.9. The monoisotopic (exact) mass is 274 g/mol. The second kappa shape index (κ2) is 5.49. The van der Waals surface area contributed by atoms with Crippen LogP contribution in [0.2, 0.25) is 0 Å². The minimum absolute atomic E-state index is 0.281. The van der Waals surface area contributed by atoms with Gasteiger partial charge in [-0.2, -0.15) is 0 Å². The van der Waals surface area contributed by atoms with Crippen LogP contribution in [0.25, 0.3) is 0 Å². The minimum Gasteiger partial charge on any atom is -0.487 e. The molecule has 0 heterocycles. The van der Waals surface area contributed by atoms with Gasteiger partial charge in [-0.1, -0.05) is 12.1 Å². The van der Waals surface area contributed by atoms with Crippen molar-refractivity contribution in [1.82, 2.24) is 0 Å². The molecule has 0 aliphatic rings. The summed E-state index contributed by atoms with van der Waals surface area (Å²) in [6, 6.07) is 7.81. The number of rotatable bonds is 5. The molecule has 4 heteroatoms. The first-order valence-electron chi connectivity index (χ1n) is 4.58. The molecular weight excluding hydrogens is 260 g/mol. The lowest BCUT2D eigenvalue weighted by molar-refractivity contribution is -0.146. The van der Waals surface area contributed by atoms with E-state index in [1.807, 2.05) is 31.2 Å². The summed E-state index contributed by atoms with van der Waals surface area (Å²) in [6.45, 7) is 2.30. The molecule has 1 aromatic carbocycles. The summed E-state index contributed by atoms with van der Waals surface area (Å²) in [7, 11) is 3.11. The highest BCUT2D eigenvalue weighted by Gasteiger charge is 2.26. The number of hydrogen-bond donors (Lipinski definition) is 0. The molecule has 0 aliphatic carbocycles. The predicted molar refractivity (Wildman–Crippen MR) is 62.4 cm³/mol. The van der Waals surface area contributed by atoms with Crippen molar-refractivity contribution in [1.29, 1.82) is 0 Å². The predicted octanol–water partition coefficient (Wildman–Crippen LogP) is 2.72. The molecule has 0 N–H and O–H groups in total. The number of ether oxygens (including phenoxy) is 3. The third kappa shape index (κ3) is 3.81. The maximum absolute atomic E-state index is 5.54.